The first-order valence-corrected chi connectivity index (χ1v) is 12.2. The monoisotopic (exact) mass is 489 g/mol. The lowest BCUT2D eigenvalue weighted by molar-refractivity contribution is -0.111. The number of carbonyl (C=O) groups excluding carboxylic acids is 1. The van der Waals surface area contributed by atoms with Crippen molar-refractivity contribution in [2.24, 2.45) is 0 Å². The first-order valence-electron chi connectivity index (χ1n) is 12.2. The zero-order valence-corrected chi connectivity index (χ0v) is 20.7. The van der Waals surface area contributed by atoms with Gasteiger partial charge in [-0.3, -0.25) is 4.79 Å². The van der Waals surface area contributed by atoms with Crippen LogP contribution in [0.15, 0.2) is 114 Å². The summed E-state index contributed by atoms with van der Waals surface area (Å²) < 4.78 is 17.6. The third-order valence-electron chi connectivity index (χ3n) is 5.93. The lowest BCUT2D eigenvalue weighted by Crippen LogP contribution is -2.08. The molecule has 0 saturated carbocycles. The van der Waals surface area contributed by atoms with Gasteiger partial charge in [-0.05, 0) is 67.4 Å². The summed E-state index contributed by atoms with van der Waals surface area (Å²) in [6.45, 7) is 4.34. The number of amides is 1. The zero-order valence-electron chi connectivity index (χ0n) is 20.7. The van der Waals surface area contributed by atoms with E-state index in [2.05, 4.69) is 5.32 Å². The van der Waals surface area contributed by atoms with Gasteiger partial charge in [-0.2, -0.15) is 0 Å². The molecule has 5 heteroatoms. The van der Waals surface area contributed by atoms with Crippen LogP contribution in [0.1, 0.15) is 19.4 Å². The number of allylic oxidation sites excluding steroid dienone is 1. The minimum atomic E-state index is -0.229. The van der Waals surface area contributed by atoms with Crippen LogP contribution in [0.25, 0.3) is 27.7 Å². The van der Waals surface area contributed by atoms with Crippen LogP contribution < -0.4 is 14.8 Å². The summed E-state index contributed by atoms with van der Waals surface area (Å²) in [5.74, 6) is 1.90. The number of ether oxygens (including phenoxy) is 2. The van der Waals surface area contributed by atoms with Crippen molar-refractivity contribution < 1.29 is 18.7 Å². The van der Waals surface area contributed by atoms with Gasteiger partial charge in [0.2, 0.25) is 5.91 Å². The van der Waals surface area contributed by atoms with Gasteiger partial charge in [0, 0.05) is 34.3 Å². The Labute approximate surface area is 216 Å². The Balaban J connectivity index is 1.37. The maximum atomic E-state index is 12.9. The summed E-state index contributed by atoms with van der Waals surface area (Å²) >= 11 is 0. The summed E-state index contributed by atoms with van der Waals surface area (Å²) in [6.07, 6.45) is 3.34. The normalized spacial score (nSPS) is 11.4. The van der Waals surface area contributed by atoms with Crippen molar-refractivity contribution in [2.75, 3.05) is 11.9 Å². The SMILES string of the molecule is CCOc1cc2occ(-c3ccccc3)c2cc1/C(C)=C/C(=O)Nc1ccc(Oc2ccccc2)cc1. The van der Waals surface area contributed by atoms with Crippen molar-refractivity contribution in [1.82, 2.24) is 0 Å². The van der Waals surface area contributed by atoms with E-state index in [0.29, 0.717) is 23.8 Å². The van der Waals surface area contributed by atoms with E-state index in [9.17, 15) is 4.79 Å². The number of fused-ring (bicyclic) bond motifs is 1. The Hall–Kier alpha value is -4.77. The molecular weight excluding hydrogens is 462 g/mol. The van der Waals surface area contributed by atoms with Crippen LogP contribution >= 0.6 is 0 Å². The fraction of sp³-hybridized carbons (Fsp3) is 0.0938. The van der Waals surface area contributed by atoms with E-state index in [0.717, 1.165) is 39.0 Å². The largest absolute Gasteiger partial charge is 0.493 e. The lowest BCUT2D eigenvalue weighted by Gasteiger charge is -2.12. The van der Waals surface area contributed by atoms with Gasteiger partial charge in [0.1, 0.15) is 22.8 Å². The first-order chi connectivity index (χ1) is 18.1. The molecule has 0 spiro atoms. The van der Waals surface area contributed by atoms with Crippen molar-refractivity contribution >= 4 is 28.1 Å². The van der Waals surface area contributed by atoms with Crippen LogP contribution in [0.5, 0.6) is 17.2 Å². The zero-order chi connectivity index (χ0) is 25.6. The number of benzene rings is 4. The maximum absolute atomic E-state index is 12.9. The topological polar surface area (TPSA) is 60.7 Å². The standard InChI is InChI=1S/C32H27NO4/c1-3-35-30-20-31-28(29(21-36-31)23-10-6-4-7-11-23)19-27(30)22(2)18-32(34)33-24-14-16-26(17-15-24)37-25-12-8-5-9-13-25/h4-21H,3H2,1-2H3,(H,33,34)/b22-18+. The molecule has 0 fully saturated rings. The molecule has 1 amide bonds. The third-order valence-corrected chi connectivity index (χ3v) is 5.93. The number of furan rings is 1. The Bertz CT molecular complexity index is 1540. The molecule has 0 aliphatic carbocycles. The molecule has 4 aromatic carbocycles. The minimum Gasteiger partial charge on any atom is -0.493 e. The van der Waals surface area contributed by atoms with Gasteiger partial charge in [0.15, 0.2) is 0 Å². The third kappa shape index (κ3) is 5.57. The average molecular weight is 490 g/mol. The summed E-state index contributed by atoms with van der Waals surface area (Å²) in [4.78, 5) is 12.9. The molecule has 5 nitrogen and oxygen atoms in total. The number of rotatable bonds is 8. The van der Waals surface area contributed by atoms with Crippen molar-refractivity contribution in [1.29, 1.82) is 0 Å². The average Bonchev–Trinajstić information content (AvgIpc) is 3.33. The number of hydrogen-bond acceptors (Lipinski definition) is 4. The summed E-state index contributed by atoms with van der Waals surface area (Å²) in [5.41, 5.74) is 5.10. The fourth-order valence-corrected chi connectivity index (χ4v) is 4.16. The smallest absolute Gasteiger partial charge is 0.248 e. The van der Waals surface area contributed by atoms with E-state index < -0.39 is 0 Å². The van der Waals surface area contributed by atoms with Crippen LogP contribution in [-0.4, -0.2) is 12.5 Å². The summed E-state index contributed by atoms with van der Waals surface area (Å²) in [6, 6.07) is 30.8. The molecule has 0 unspecified atom stereocenters. The van der Waals surface area contributed by atoms with E-state index in [1.54, 1.807) is 12.3 Å². The van der Waals surface area contributed by atoms with Crippen LogP contribution in [-0.2, 0) is 4.79 Å². The summed E-state index contributed by atoms with van der Waals surface area (Å²) in [7, 11) is 0. The molecule has 1 heterocycles. The molecule has 0 radical (unpaired) electrons. The van der Waals surface area contributed by atoms with E-state index >= 15 is 0 Å². The number of nitrogens with one attached hydrogen (secondary N) is 1. The van der Waals surface area contributed by atoms with Gasteiger partial charge in [-0.25, -0.2) is 0 Å². The van der Waals surface area contributed by atoms with Gasteiger partial charge in [-0.1, -0.05) is 48.5 Å². The lowest BCUT2D eigenvalue weighted by atomic mass is 9.99. The second-order valence-electron chi connectivity index (χ2n) is 8.55. The molecule has 184 valence electrons. The van der Waals surface area contributed by atoms with E-state index in [1.165, 1.54) is 0 Å². The number of hydrogen-bond donors (Lipinski definition) is 1. The second-order valence-corrected chi connectivity index (χ2v) is 8.55. The highest BCUT2D eigenvalue weighted by atomic mass is 16.5. The molecule has 37 heavy (non-hydrogen) atoms. The number of anilines is 1. The van der Waals surface area contributed by atoms with Crippen molar-refractivity contribution in [3.63, 3.8) is 0 Å². The molecule has 1 aromatic heterocycles. The molecule has 0 aliphatic rings. The Morgan fingerprint density at radius 2 is 1.57 bits per heavy atom. The van der Waals surface area contributed by atoms with Gasteiger partial charge < -0.3 is 19.2 Å². The first kappa shape index (κ1) is 23.9. The summed E-state index contributed by atoms with van der Waals surface area (Å²) in [5, 5.41) is 3.89. The molecule has 0 saturated heterocycles. The fourth-order valence-electron chi connectivity index (χ4n) is 4.16. The van der Waals surface area contributed by atoms with Gasteiger partial charge in [0.05, 0.1) is 12.9 Å². The quantitative estimate of drug-likeness (QED) is 0.223. The number of para-hydroxylation sites is 1. The molecule has 0 bridgehead atoms. The van der Waals surface area contributed by atoms with Crippen molar-refractivity contribution in [3.05, 3.63) is 115 Å². The molecule has 5 rings (SSSR count). The predicted molar refractivity (Wildman–Crippen MR) is 148 cm³/mol. The Kier molecular flexibility index (Phi) is 7.04. The van der Waals surface area contributed by atoms with Gasteiger partial charge >= 0.3 is 0 Å². The molecular formula is C32H27NO4. The van der Waals surface area contributed by atoms with Gasteiger partial charge in [0.25, 0.3) is 0 Å². The molecule has 0 aliphatic heterocycles. The second kappa shape index (κ2) is 10.9. The van der Waals surface area contributed by atoms with Crippen molar-refractivity contribution in [3.8, 4) is 28.4 Å². The van der Waals surface area contributed by atoms with Gasteiger partial charge in [-0.15, -0.1) is 0 Å². The molecule has 1 N–H and O–H groups in total. The predicted octanol–water partition coefficient (Wildman–Crippen LogP) is 8.33. The van der Waals surface area contributed by atoms with Crippen LogP contribution in [0.2, 0.25) is 0 Å². The van der Waals surface area contributed by atoms with Crippen LogP contribution in [0.4, 0.5) is 5.69 Å². The highest BCUT2D eigenvalue weighted by Gasteiger charge is 2.15. The van der Waals surface area contributed by atoms with Crippen LogP contribution in [0.3, 0.4) is 0 Å². The molecule has 0 atom stereocenters. The van der Waals surface area contributed by atoms with Crippen LogP contribution in [0, 0.1) is 0 Å². The highest BCUT2D eigenvalue weighted by molar-refractivity contribution is 6.05. The molecule has 5 aromatic rings. The highest BCUT2D eigenvalue weighted by Crippen LogP contribution is 2.37. The maximum Gasteiger partial charge on any atom is 0.248 e. The Morgan fingerprint density at radius 1 is 0.892 bits per heavy atom. The van der Waals surface area contributed by atoms with Crippen molar-refractivity contribution in [2.45, 2.75) is 13.8 Å². The van der Waals surface area contributed by atoms with E-state index in [4.69, 9.17) is 13.9 Å². The minimum absolute atomic E-state index is 0.229. The van der Waals surface area contributed by atoms with E-state index in [-0.39, 0.29) is 5.91 Å². The Morgan fingerprint density at radius 3 is 2.27 bits per heavy atom. The number of carbonyl (C=O) groups is 1. The van der Waals surface area contributed by atoms with E-state index in [1.807, 2.05) is 111 Å².